The van der Waals surface area contributed by atoms with Gasteiger partial charge in [0.2, 0.25) is 0 Å². The maximum atomic E-state index is 12.6. The number of aryl methyl sites for hydroxylation is 1. The van der Waals surface area contributed by atoms with E-state index in [1.54, 1.807) is 0 Å². The first kappa shape index (κ1) is 21.1. The van der Waals surface area contributed by atoms with Crippen LogP contribution >= 0.6 is 12.4 Å². The monoisotopic (exact) mass is 409 g/mol. The molecule has 0 bridgehead atoms. The second-order valence-corrected chi connectivity index (χ2v) is 7.93. The van der Waals surface area contributed by atoms with Gasteiger partial charge >= 0.3 is 0 Å². The molecule has 4 nitrogen and oxygen atoms in total. The van der Waals surface area contributed by atoms with Crippen molar-refractivity contribution < 1.29 is 9.67 Å². The van der Waals surface area contributed by atoms with Crippen LogP contribution in [0, 0.1) is 6.92 Å². The van der Waals surface area contributed by atoms with Gasteiger partial charge in [-0.1, -0.05) is 55.8 Å². The van der Waals surface area contributed by atoms with Crippen LogP contribution < -0.4 is 9.67 Å². The first-order valence-electron chi connectivity index (χ1n) is 10.0. The standard InChI is InChI=1S/C24H27N3O.ClH/c1-17(2)19-10-12-21(13-11-19)25-23(28)16-26-15-22(27-14-4-5-24(26)27)20-8-6-18(3)7-9-20;/h6-13,15,17H,4-5,14,16H2,1-3H3;1H. The van der Waals surface area contributed by atoms with E-state index in [0.717, 1.165) is 25.1 Å². The summed E-state index contributed by atoms with van der Waals surface area (Å²) in [6.07, 6.45) is 4.23. The van der Waals surface area contributed by atoms with Crippen LogP contribution in [-0.4, -0.2) is 10.5 Å². The average molecular weight is 410 g/mol. The van der Waals surface area contributed by atoms with Gasteiger partial charge in [0, 0.05) is 11.5 Å². The largest absolute Gasteiger partial charge is 0.859 e. The van der Waals surface area contributed by atoms with Crippen molar-refractivity contribution in [1.29, 1.82) is 0 Å². The number of nitrogens with zero attached hydrogens (tertiary/aromatic N) is 3. The minimum absolute atomic E-state index is 0. The fraction of sp³-hybridized carbons (Fsp3) is 0.333. The zero-order valence-electron chi connectivity index (χ0n) is 17.3. The molecule has 1 aliphatic heterocycles. The third-order valence-electron chi connectivity index (χ3n) is 5.46. The molecule has 3 aromatic rings. The number of fused-ring (bicyclic) bond motifs is 1. The molecule has 2 aromatic carbocycles. The van der Waals surface area contributed by atoms with Crippen LogP contribution in [0.15, 0.2) is 59.7 Å². The Morgan fingerprint density at radius 3 is 2.45 bits per heavy atom. The van der Waals surface area contributed by atoms with Crippen molar-refractivity contribution in [2.24, 2.45) is 4.99 Å². The highest BCUT2D eigenvalue weighted by Gasteiger charge is 2.28. The highest BCUT2D eigenvalue weighted by Crippen LogP contribution is 2.25. The van der Waals surface area contributed by atoms with Crippen LogP contribution in [0.5, 0.6) is 0 Å². The normalized spacial score (nSPS) is 13.4. The lowest BCUT2D eigenvalue weighted by molar-refractivity contribution is -0.693. The average Bonchev–Trinajstić information content (AvgIpc) is 3.27. The van der Waals surface area contributed by atoms with Crippen LogP contribution in [0.3, 0.4) is 0 Å². The van der Waals surface area contributed by atoms with Gasteiger partial charge in [0.05, 0.1) is 18.7 Å². The zero-order chi connectivity index (χ0) is 19.7. The number of aromatic nitrogens is 2. The fourth-order valence-corrected chi connectivity index (χ4v) is 3.86. The number of halogens is 1. The van der Waals surface area contributed by atoms with E-state index in [4.69, 9.17) is 0 Å². The molecule has 0 spiro atoms. The summed E-state index contributed by atoms with van der Waals surface area (Å²) >= 11 is 0. The van der Waals surface area contributed by atoms with Gasteiger partial charge in [0.15, 0.2) is 5.69 Å². The fourth-order valence-electron chi connectivity index (χ4n) is 3.86. The van der Waals surface area contributed by atoms with Crippen LogP contribution in [0.4, 0.5) is 5.69 Å². The summed E-state index contributed by atoms with van der Waals surface area (Å²) in [6, 6.07) is 16.5. The van der Waals surface area contributed by atoms with E-state index in [-0.39, 0.29) is 24.8 Å². The molecule has 1 aliphatic rings. The van der Waals surface area contributed by atoms with E-state index in [1.165, 1.54) is 28.2 Å². The Labute approximate surface area is 179 Å². The van der Waals surface area contributed by atoms with Crippen molar-refractivity contribution in [3.63, 3.8) is 0 Å². The van der Waals surface area contributed by atoms with E-state index in [0.29, 0.717) is 5.92 Å². The molecule has 5 heteroatoms. The van der Waals surface area contributed by atoms with Crippen LogP contribution in [0.2, 0.25) is 0 Å². The Morgan fingerprint density at radius 2 is 1.79 bits per heavy atom. The highest BCUT2D eigenvalue weighted by atomic mass is 35.5. The van der Waals surface area contributed by atoms with Crippen molar-refractivity contribution in [2.45, 2.75) is 52.6 Å². The van der Waals surface area contributed by atoms with Crippen molar-refractivity contribution in [1.82, 2.24) is 4.57 Å². The van der Waals surface area contributed by atoms with Gasteiger partial charge in [0.1, 0.15) is 12.7 Å². The number of imidazole rings is 1. The molecular weight excluding hydrogens is 382 g/mol. The minimum Gasteiger partial charge on any atom is -0.859 e. The van der Waals surface area contributed by atoms with E-state index < -0.39 is 0 Å². The van der Waals surface area contributed by atoms with Gasteiger partial charge in [0.25, 0.3) is 5.82 Å². The molecule has 0 N–H and O–H groups in total. The molecule has 29 heavy (non-hydrogen) atoms. The van der Waals surface area contributed by atoms with Crippen LogP contribution in [0.25, 0.3) is 11.3 Å². The van der Waals surface area contributed by atoms with Crippen molar-refractivity contribution >= 4 is 24.0 Å². The molecular formula is C24H28ClN3O. The first-order chi connectivity index (χ1) is 13.5. The highest BCUT2D eigenvalue weighted by molar-refractivity contribution is 5.85. The second kappa shape index (κ2) is 8.83. The van der Waals surface area contributed by atoms with Gasteiger partial charge in [-0.25, -0.2) is 9.13 Å². The van der Waals surface area contributed by atoms with Gasteiger partial charge in [-0.05, 0) is 37.0 Å². The van der Waals surface area contributed by atoms with Gasteiger partial charge in [-0.15, -0.1) is 12.4 Å². The topological polar surface area (TPSA) is 44.2 Å². The molecule has 0 saturated carbocycles. The SMILES string of the molecule is Cc1ccc(-c2c[n+](CC([O-])=Nc3ccc(C(C)C)cc3)c3n2CCC3)cc1.Cl. The summed E-state index contributed by atoms with van der Waals surface area (Å²) in [5.74, 6) is 1.58. The van der Waals surface area contributed by atoms with Crippen molar-refractivity contribution in [3.05, 3.63) is 71.7 Å². The predicted octanol–water partition coefficient (Wildman–Crippen LogP) is 4.33. The zero-order valence-corrected chi connectivity index (χ0v) is 18.1. The first-order valence-corrected chi connectivity index (χ1v) is 10.0. The minimum atomic E-state index is -0.113. The lowest BCUT2D eigenvalue weighted by Crippen LogP contribution is -2.43. The molecule has 0 aliphatic carbocycles. The number of aliphatic imine (C=N–C) groups is 1. The van der Waals surface area contributed by atoms with Gasteiger partial charge in [-0.2, -0.15) is 0 Å². The maximum absolute atomic E-state index is 12.6. The van der Waals surface area contributed by atoms with E-state index in [2.05, 4.69) is 77.5 Å². The van der Waals surface area contributed by atoms with Gasteiger partial charge < -0.3 is 5.11 Å². The molecule has 2 heterocycles. The van der Waals surface area contributed by atoms with Crippen LogP contribution in [0.1, 0.15) is 43.1 Å². The predicted molar refractivity (Wildman–Crippen MR) is 118 cm³/mol. The van der Waals surface area contributed by atoms with Crippen molar-refractivity contribution in [2.75, 3.05) is 0 Å². The number of hydrogen-bond acceptors (Lipinski definition) is 2. The summed E-state index contributed by atoms with van der Waals surface area (Å²) in [5, 5.41) is 12.6. The number of rotatable bonds is 5. The Morgan fingerprint density at radius 1 is 1.10 bits per heavy atom. The Bertz CT molecular complexity index is 1000. The second-order valence-electron chi connectivity index (χ2n) is 7.93. The molecule has 0 amide bonds. The number of hydrogen-bond donors (Lipinski definition) is 0. The van der Waals surface area contributed by atoms with E-state index >= 15 is 0 Å². The van der Waals surface area contributed by atoms with E-state index in [9.17, 15) is 5.11 Å². The molecule has 0 unspecified atom stereocenters. The van der Waals surface area contributed by atoms with Crippen LogP contribution in [-0.2, 0) is 19.5 Å². The molecule has 0 fully saturated rings. The summed E-state index contributed by atoms with van der Waals surface area (Å²) in [7, 11) is 0. The molecule has 152 valence electrons. The van der Waals surface area contributed by atoms with E-state index in [1.807, 2.05) is 12.1 Å². The molecule has 0 atom stereocenters. The Balaban J connectivity index is 0.00000240. The molecule has 0 radical (unpaired) electrons. The lowest BCUT2D eigenvalue weighted by Gasteiger charge is -2.10. The molecule has 4 rings (SSSR count). The molecule has 0 saturated heterocycles. The summed E-state index contributed by atoms with van der Waals surface area (Å²) in [4.78, 5) is 4.30. The molecule has 1 aromatic heterocycles. The summed E-state index contributed by atoms with van der Waals surface area (Å²) in [6.45, 7) is 7.71. The lowest BCUT2D eigenvalue weighted by atomic mass is 10.0. The third-order valence-corrected chi connectivity index (χ3v) is 5.46. The summed E-state index contributed by atoms with van der Waals surface area (Å²) < 4.78 is 4.42. The summed E-state index contributed by atoms with van der Waals surface area (Å²) in [5.41, 5.74) is 5.61. The quantitative estimate of drug-likeness (QED) is 0.351. The number of benzene rings is 2. The third kappa shape index (κ3) is 4.54. The Hall–Kier alpha value is -2.59. The Kier molecular flexibility index (Phi) is 6.43. The maximum Gasteiger partial charge on any atom is 0.257 e. The van der Waals surface area contributed by atoms with Gasteiger partial charge in [-0.3, -0.25) is 4.99 Å². The van der Waals surface area contributed by atoms with Crippen molar-refractivity contribution in [3.8, 4) is 11.3 Å². The smallest absolute Gasteiger partial charge is 0.257 e.